The number of aromatic nitrogens is 4. The Morgan fingerprint density at radius 2 is 1.86 bits per heavy atom. The number of sulfonamides is 1. The highest BCUT2D eigenvalue weighted by Crippen LogP contribution is 2.20. The van der Waals surface area contributed by atoms with Gasteiger partial charge in [-0.25, -0.2) is 17.9 Å². The van der Waals surface area contributed by atoms with Gasteiger partial charge in [0.15, 0.2) is 0 Å². The van der Waals surface area contributed by atoms with Crippen LogP contribution in [0.15, 0.2) is 35.2 Å². The molecule has 1 aromatic carbocycles. The van der Waals surface area contributed by atoms with Crippen LogP contribution in [0.25, 0.3) is 5.78 Å². The highest BCUT2D eigenvalue weighted by atomic mass is 32.2. The summed E-state index contributed by atoms with van der Waals surface area (Å²) in [5, 5.41) is 6.83. The van der Waals surface area contributed by atoms with E-state index in [0.29, 0.717) is 24.6 Å². The molecule has 9 nitrogen and oxygen atoms in total. The van der Waals surface area contributed by atoms with Gasteiger partial charge < -0.3 is 5.32 Å². The number of anilines is 1. The van der Waals surface area contributed by atoms with Gasteiger partial charge in [-0.15, -0.1) is 5.10 Å². The van der Waals surface area contributed by atoms with E-state index in [1.807, 2.05) is 19.9 Å². The molecule has 0 radical (unpaired) electrons. The number of benzene rings is 1. The summed E-state index contributed by atoms with van der Waals surface area (Å²) in [6, 6.07) is 7.96. The molecule has 0 aliphatic heterocycles. The van der Waals surface area contributed by atoms with Crippen molar-refractivity contribution in [3.8, 4) is 0 Å². The van der Waals surface area contributed by atoms with Crippen LogP contribution in [-0.2, 0) is 10.0 Å². The molecule has 0 saturated carbocycles. The number of nitrogens with one attached hydrogen (secondary N) is 1. The van der Waals surface area contributed by atoms with Crippen molar-refractivity contribution >= 4 is 27.4 Å². The maximum atomic E-state index is 12.7. The molecular formula is C18H22N6O3S. The summed E-state index contributed by atoms with van der Waals surface area (Å²) in [7, 11) is -3.62. The Labute approximate surface area is 163 Å². The van der Waals surface area contributed by atoms with Gasteiger partial charge in [0.2, 0.25) is 15.8 Å². The Bertz CT molecular complexity index is 1140. The van der Waals surface area contributed by atoms with Crippen LogP contribution in [0.3, 0.4) is 0 Å². The molecule has 1 N–H and O–H groups in total. The number of aryl methyl sites for hydroxylation is 2. The van der Waals surface area contributed by atoms with Crippen LogP contribution in [-0.4, -0.2) is 51.3 Å². The normalized spacial score (nSPS) is 11.9. The summed E-state index contributed by atoms with van der Waals surface area (Å²) >= 11 is 0. The van der Waals surface area contributed by atoms with Gasteiger partial charge in [-0.1, -0.05) is 19.9 Å². The van der Waals surface area contributed by atoms with Crippen molar-refractivity contribution in [2.75, 3.05) is 18.4 Å². The smallest absolute Gasteiger partial charge is 0.295 e. The Morgan fingerprint density at radius 3 is 2.54 bits per heavy atom. The van der Waals surface area contributed by atoms with Crippen LogP contribution >= 0.6 is 0 Å². The average Bonchev–Trinajstić information content (AvgIpc) is 3.07. The van der Waals surface area contributed by atoms with Crippen molar-refractivity contribution in [2.45, 2.75) is 32.6 Å². The third kappa shape index (κ3) is 3.73. The molecule has 148 valence electrons. The largest absolute Gasteiger partial charge is 0.319 e. The predicted octanol–water partition coefficient (Wildman–Crippen LogP) is 2.02. The van der Waals surface area contributed by atoms with Crippen LogP contribution in [0.1, 0.15) is 35.9 Å². The van der Waals surface area contributed by atoms with Gasteiger partial charge in [0.05, 0.1) is 4.90 Å². The van der Waals surface area contributed by atoms with Crippen molar-refractivity contribution < 1.29 is 13.2 Å². The number of carbonyl (C=O) groups excluding carboxylic acids is 1. The first-order valence-electron chi connectivity index (χ1n) is 8.88. The van der Waals surface area contributed by atoms with E-state index < -0.39 is 15.9 Å². The number of fused-ring (bicyclic) bond motifs is 1. The van der Waals surface area contributed by atoms with E-state index in [0.717, 1.165) is 11.4 Å². The van der Waals surface area contributed by atoms with Gasteiger partial charge in [-0.05, 0) is 38.1 Å². The molecule has 10 heteroatoms. The van der Waals surface area contributed by atoms with Gasteiger partial charge in [0, 0.05) is 30.2 Å². The minimum Gasteiger partial charge on any atom is -0.319 e. The number of nitrogens with zero attached hydrogens (tertiary/aromatic N) is 5. The Morgan fingerprint density at radius 1 is 1.14 bits per heavy atom. The molecule has 0 spiro atoms. The maximum Gasteiger partial charge on any atom is 0.295 e. The van der Waals surface area contributed by atoms with E-state index in [4.69, 9.17) is 0 Å². The summed E-state index contributed by atoms with van der Waals surface area (Å²) in [6.07, 6.45) is 0. The first-order valence-corrected chi connectivity index (χ1v) is 10.3. The van der Waals surface area contributed by atoms with E-state index in [2.05, 4.69) is 20.4 Å². The maximum absolute atomic E-state index is 12.7. The fourth-order valence-corrected chi connectivity index (χ4v) is 4.40. The lowest BCUT2D eigenvalue weighted by atomic mass is 10.3. The van der Waals surface area contributed by atoms with Crippen LogP contribution in [0.2, 0.25) is 0 Å². The SMILES string of the molecule is CCN(CC)S(=O)(=O)c1cccc(NC(=O)c2nc3nc(C)cc(C)n3n2)c1. The van der Waals surface area contributed by atoms with Crippen LogP contribution in [0, 0.1) is 13.8 Å². The summed E-state index contributed by atoms with van der Waals surface area (Å²) in [5.41, 5.74) is 1.93. The minimum atomic E-state index is -3.62. The van der Waals surface area contributed by atoms with Crippen molar-refractivity contribution in [2.24, 2.45) is 0 Å². The number of amides is 1. The van der Waals surface area contributed by atoms with Crippen molar-refractivity contribution in [3.63, 3.8) is 0 Å². The second kappa shape index (κ2) is 7.64. The lowest BCUT2D eigenvalue weighted by molar-refractivity contribution is 0.101. The molecule has 0 saturated heterocycles. The Hall–Kier alpha value is -2.85. The van der Waals surface area contributed by atoms with E-state index in [-0.39, 0.29) is 10.7 Å². The van der Waals surface area contributed by atoms with E-state index in [1.54, 1.807) is 26.0 Å². The molecule has 0 aliphatic carbocycles. The minimum absolute atomic E-state index is 0.0433. The van der Waals surface area contributed by atoms with Gasteiger partial charge in [0.25, 0.3) is 11.7 Å². The Balaban J connectivity index is 1.88. The summed E-state index contributed by atoms with van der Waals surface area (Å²) < 4.78 is 28.2. The molecule has 0 fully saturated rings. The summed E-state index contributed by atoms with van der Waals surface area (Å²) in [4.78, 5) is 21.1. The molecule has 0 bridgehead atoms. The molecule has 2 aromatic heterocycles. The van der Waals surface area contributed by atoms with Crippen molar-refractivity contribution in [1.82, 2.24) is 23.9 Å². The quantitative estimate of drug-likeness (QED) is 0.676. The number of carbonyl (C=O) groups is 1. The molecular weight excluding hydrogens is 380 g/mol. The molecule has 3 rings (SSSR count). The van der Waals surface area contributed by atoms with Gasteiger partial charge in [-0.3, -0.25) is 4.79 Å². The molecule has 1 amide bonds. The fourth-order valence-electron chi connectivity index (χ4n) is 2.90. The molecule has 0 atom stereocenters. The zero-order valence-electron chi connectivity index (χ0n) is 16.2. The van der Waals surface area contributed by atoms with Crippen molar-refractivity contribution in [1.29, 1.82) is 0 Å². The van der Waals surface area contributed by atoms with Gasteiger partial charge in [-0.2, -0.15) is 9.29 Å². The lowest BCUT2D eigenvalue weighted by Crippen LogP contribution is -2.30. The average molecular weight is 402 g/mol. The monoisotopic (exact) mass is 402 g/mol. The summed E-state index contributed by atoms with van der Waals surface area (Å²) in [5.74, 6) is -0.251. The molecule has 3 aromatic rings. The van der Waals surface area contributed by atoms with Crippen LogP contribution in [0.5, 0.6) is 0 Å². The highest BCUT2D eigenvalue weighted by Gasteiger charge is 2.22. The molecule has 0 aliphatic rings. The highest BCUT2D eigenvalue weighted by molar-refractivity contribution is 7.89. The van der Waals surface area contributed by atoms with Crippen molar-refractivity contribution in [3.05, 3.63) is 47.5 Å². The second-order valence-corrected chi connectivity index (χ2v) is 8.20. The van der Waals surface area contributed by atoms with Gasteiger partial charge in [0.1, 0.15) is 0 Å². The van der Waals surface area contributed by atoms with Crippen LogP contribution < -0.4 is 5.32 Å². The first-order chi connectivity index (χ1) is 13.3. The standard InChI is InChI=1S/C18H22N6O3S/c1-5-23(6-2)28(26,27)15-9-7-8-14(11-15)20-17(25)16-21-18-19-12(3)10-13(4)24(18)22-16/h7-11H,5-6H2,1-4H3,(H,20,25). The van der Waals surface area contributed by atoms with E-state index >= 15 is 0 Å². The van der Waals surface area contributed by atoms with E-state index in [1.165, 1.54) is 21.0 Å². The Kier molecular flexibility index (Phi) is 5.43. The van der Waals surface area contributed by atoms with Gasteiger partial charge >= 0.3 is 0 Å². The topological polar surface area (TPSA) is 110 Å². The van der Waals surface area contributed by atoms with Crippen LogP contribution in [0.4, 0.5) is 5.69 Å². The fraction of sp³-hybridized carbons (Fsp3) is 0.333. The lowest BCUT2D eigenvalue weighted by Gasteiger charge is -2.18. The second-order valence-electron chi connectivity index (χ2n) is 6.26. The summed E-state index contributed by atoms with van der Waals surface area (Å²) in [6.45, 7) is 7.97. The molecule has 28 heavy (non-hydrogen) atoms. The predicted molar refractivity (Wildman–Crippen MR) is 105 cm³/mol. The van der Waals surface area contributed by atoms with E-state index in [9.17, 15) is 13.2 Å². The molecule has 0 unspecified atom stereocenters. The third-order valence-electron chi connectivity index (χ3n) is 4.26. The molecule has 2 heterocycles. The zero-order chi connectivity index (χ0) is 20.5. The first kappa shape index (κ1) is 19.9. The third-order valence-corrected chi connectivity index (χ3v) is 6.30. The number of hydrogen-bond acceptors (Lipinski definition) is 6. The number of rotatable bonds is 6. The number of hydrogen-bond donors (Lipinski definition) is 1. The zero-order valence-corrected chi connectivity index (χ0v) is 17.0.